The number of nitrogens with zero attached hydrogens (tertiary/aromatic N) is 2. The molecule has 0 aliphatic carbocycles. The highest BCUT2D eigenvalue weighted by molar-refractivity contribution is 6.36. The Morgan fingerprint density at radius 3 is 2.52 bits per heavy atom. The molecule has 0 unspecified atom stereocenters. The lowest BCUT2D eigenvalue weighted by atomic mass is 9.96. The van der Waals surface area contributed by atoms with E-state index in [4.69, 9.17) is 23.2 Å². The number of carbonyl (C=O) groups excluding carboxylic acids is 1. The fourth-order valence-electron chi connectivity index (χ4n) is 3.48. The van der Waals surface area contributed by atoms with Gasteiger partial charge in [0.25, 0.3) is 5.91 Å². The van der Waals surface area contributed by atoms with Crippen LogP contribution in [0.2, 0.25) is 10.0 Å². The molecule has 0 spiro atoms. The number of benzene rings is 2. The molecule has 5 nitrogen and oxygen atoms in total. The summed E-state index contributed by atoms with van der Waals surface area (Å²) in [6, 6.07) is 10.6. The molecule has 31 heavy (non-hydrogen) atoms. The summed E-state index contributed by atoms with van der Waals surface area (Å²) < 4.78 is 42.2. The Morgan fingerprint density at radius 2 is 1.87 bits per heavy atom. The fourth-order valence-corrected chi connectivity index (χ4v) is 3.93. The van der Waals surface area contributed by atoms with Crippen molar-refractivity contribution in [1.82, 2.24) is 9.78 Å². The van der Waals surface area contributed by atoms with Crippen molar-refractivity contribution in [3.63, 3.8) is 0 Å². The fraction of sp³-hybridized carbons (Fsp3) is 0.238. The van der Waals surface area contributed by atoms with Crippen LogP contribution in [0.4, 0.5) is 24.7 Å². The summed E-state index contributed by atoms with van der Waals surface area (Å²) >= 11 is 11.9. The molecule has 1 aliphatic heterocycles. The van der Waals surface area contributed by atoms with E-state index in [-0.39, 0.29) is 28.6 Å². The maximum Gasteiger partial charge on any atom is 0.410 e. The minimum absolute atomic E-state index is 0.117. The van der Waals surface area contributed by atoms with Crippen LogP contribution >= 0.6 is 23.2 Å². The molecule has 1 aliphatic rings. The third-order valence-corrected chi connectivity index (χ3v) is 5.63. The molecule has 4 rings (SSSR count). The molecular formula is C21H17Cl2F3N4O. The number of fused-ring (bicyclic) bond motifs is 1. The summed E-state index contributed by atoms with van der Waals surface area (Å²) in [4.78, 5) is 12.6. The number of aromatic nitrogens is 2. The molecule has 2 heterocycles. The first-order valence-electron chi connectivity index (χ1n) is 9.37. The van der Waals surface area contributed by atoms with E-state index in [1.54, 1.807) is 12.1 Å². The van der Waals surface area contributed by atoms with Gasteiger partial charge in [-0.2, -0.15) is 18.3 Å². The third-order valence-electron chi connectivity index (χ3n) is 5.08. The normalized spacial score (nSPS) is 18.3. The van der Waals surface area contributed by atoms with Gasteiger partial charge in [-0.25, -0.2) is 4.68 Å². The number of carbonyl (C=O) groups is 1. The molecule has 0 fully saturated rings. The summed E-state index contributed by atoms with van der Waals surface area (Å²) in [6.45, 7) is 1.91. The molecule has 2 N–H and O–H groups in total. The number of alkyl halides is 3. The molecule has 2 atom stereocenters. The number of nitrogens with one attached hydrogen (secondary N) is 2. The van der Waals surface area contributed by atoms with Crippen molar-refractivity contribution in [3.05, 3.63) is 75.4 Å². The predicted octanol–water partition coefficient (Wildman–Crippen LogP) is 6.41. The lowest BCUT2D eigenvalue weighted by Crippen LogP contribution is -2.35. The van der Waals surface area contributed by atoms with Gasteiger partial charge in [-0.05, 0) is 30.7 Å². The van der Waals surface area contributed by atoms with Gasteiger partial charge in [0.05, 0.1) is 16.8 Å². The van der Waals surface area contributed by atoms with Crippen molar-refractivity contribution in [2.45, 2.75) is 31.6 Å². The molecule has 0 saturated heterocycles. The number of hydrogen-bond acceptors (Lipinski definition) is 3. The summed E-state index contributed by atoms with van der Waals surface area (Å²) in [5, 5.41) is 10.2. The summed E-state index contributed by atoms with van der Waals surface area (Å²) in [6.07, 6.45) is -4.77. The Balaban J connectivity index is 1.64. The lowest BCUT2D eigenvalue weighted by Gasteiger charge is -2.33. The van der Waals surface area contributed by atoms with E-state index in [2.05, 4.69) is 15.7 Å². The van der Waals surface area contributed by atoms with Crippen LogP contribution in [0.1, 0.15) is 40.1 Å². The summed E-state index contributed by atoms with van der Waals surface area (Å²) in [7, 11) is 0. The molecule has 0 bridgehead atoms. The minimum Gasteiger partial charge on any atom is -0.363 e. The first-order valence-corrected chi connectivity index (χ1v) is 10.1. The molecule has 10 heteroatoms. The number of aryl methyl sites for hydroxylation is 1. The van der Waals surface area contributed by atoms with Gasteiger partial charge in [0.15, 0.2) is 11.7 Å². The third kappa shape index (κ3) is 4.50. The maximum absolute atomic E-state index is 13.8. The molecule has 162 valence electrons. The quantitative estimate of drug-likeness (QED) is 0.466. The molecule has 0 saturated carbocycles. The SMILES string of the molecule is Cc1ccc([C@H]2C[C@H](C(F)(F)F)n3nc(C(=O)Nc4ccc(Cl)cc4Cl)cc3N2)cc1. The standard InChI is InChI=1S/C21H17Cl2F3N4O/c1-11-2-4-12(5-3-11)16-9-18(21(24,25)26)30-19(27-16)10-17(29-30)20(31)28-15-7-6-13(22)8-14(15)23/h2-8,10,16,18,27H,9H2,1H3,(H,28,31)/t16-,18-/m1/s1. The topological polar surface area (TPSA) is 59.0 Å². The van der Waals surface area contributed by atoms with Gasteiger partial charge in [0, 0.05) is 17.5 Å². The van der Waals surface area contributed by atoms with Gasteiger partial charge in [-0.1, -0.05) is 53.0 Å². The van der Waals surface area contributed by atoms with Crippen LogP contribution < -0.4 is 10.6 Å². The second-order valence-corrected chi connectivity index (χ2v) is 8.18. The Kier molecular flexibility index (Phi) is 5.61. The maximum atomic E-state index is 13.8. The Labute approximate surface area is 186 Å². The van der Waals surface area contributed by atoms with Crippen molar-refractivity contribution in [1.29, 1.82) is 0 Å². The largest absolute Gasteiger partial charge is 0.410 e. The Hall–Kier alpha value is -2.71. The van der Waals surface area contributed by atoms with E-state index in [0.717, 1.165) is 15.8 Å². The van der Waals surface area contributed by atoms with Crippen molar-refractivity contribution in [2.75, 3.05) is 10.6 Å². The van der Waals surface area contributed by atoms with Crippen LogP contribution in [0.3, 0.4) is 0 Å². The second kappa shape index (κ2) is 8.09. The average molecular weight is 469 g/mol. The number of anilines is 2. The summed E-state index contributed by atoms with van der Waals surface area (Å²) in [5.74, 6) is -0.563. The van der Waals surface area contributed by atoms with Crippen molar-refractivity contribution in [2.24, 2.45) is 0 Å². The van der Waals surface area contributed by atoms with Crippen LogP contribution in [0.25, 0.3) is 0 Å². The highest BCUT2D eigenvalue weighted by atomic mass is 35.5. The first-order chi connectivity index (χ1) is 14.6. The number of hydrogen-bond donors (Lipinski definition) is 2. The Bertz CT molecular complexity index is 1130. The van der Waals surface area contributed by atoms with E-state index < -0.39 is 24.2 Å². The van der Waals surface area contributed by atoms with E-state index >= 15 is 0 Å². The molecule has 2 aromatic carbocycles. The number of rotatable bonds is 3. The van der Waals surface area contributed by atoms with Crippen LogP contribution in [-0.2, 0) is 0 Å². The first kappa shape index (κ1) is 21.5. The van der Waals surface area contributed by atoms with E-state index in [9.17, 15) is 18.0 Å². The van der Waals surface area contributed by atoms with E-state index in [0.29, 0.717) is 5.02 Å². The number of amides is 1. The second-order valence-electron chi connectivity index (χ2n) is 7.34. The van der Waals surface area contributed by atoms with Gasteiger partial charge >= 0.3 is 6.18 Å². The van der Waals surface area contributed by atoms with Gasteiger partial charge in [0.1, 0.15) is 5.82 Å². The van der Waals surface area contributed by atoms with Crippen LogP contribution in [0.15, 0.2) is 48.5 Å². The van der Waals surface area contributed by atoms with E-state index in [1.165, 1.54) is 24.3 Å². The smallest absolute Gasteiger partial charge is 0.363 e. The molecule has 1 amide bonds. The van der Waals surface area contributed by atoms with Gasteiger partial charge < -0.3 is 10.6 Å². The number of halogens is 5. The van der Waals surface area contributed by atoms with Crippen molar-refractivity contribution in [3.8, 4) is 0 Å². The van der Waals surface area contributed by atoms with Crippen LogP contribution in [0, 0.1) is 6.92 Å². The highest BCUT2D eigenvalue weighted by Crippen LogP contribution is 2.43. The van der Waals surface area contributed by atoms with Crippen molar-refractivity contribution < 1.29 is 18.0 Å². The zero-order valence-corrected chi connectivity index (χ0v) is 17.7. The van der Waals surface area contributed by atoms with Gasteiger partial charge in [-0.3, -0.25) is 4.79 Å². The highest BCUT2D eigenvalue weighted by Gasteiger charge is 2.46. The molecule has 3 aromatic rings. The van der Waals surface area contributed by atoms with E-state index in [1.807, 2.05) is 19.1 Å². The molecular weight excluding hydrogens is 452 g/mol. The summed E-state index contributed by atoms with van der Waals surface area (Å²) in [5.41, 5.74) is 1.86. The molecule has 0 radical (unpaired) electrons. The zero-order valence-electron chi connectivity index (χ0n) is 16.2. The average Bonchev–Trinajstić information content (AvgIpc) is 3.13. The van der Waals surface area contributed by atoms with Crippen LogP contribution in [0.5, 0.6) is 0 Å². The molecule has 1 aromatic heterocycles. The minimum atomic E-state index is -4.53. The lowest BCUT2D eigenvalue weighted by molar-refractivity contribution is -0.173. The van der Waals surface area contributed by atoms with Gasteiger partial charge in [0.2, 0.25) is 0 Å². The monoisotopic (exact) mass is 468 g/mol. The van der Waals surface area contributed by atoms with Crippen molar-refractivity contribution >= 4 is 40.6 Å². The van der Waals surface area contributed by atoms with Gasteiger partial charge in [-0.15, -0.1) is 0 Å². The Morgan fingerprint density at radius 1 is 1.16 bits per heavy atom. The predicted molar refractivity (Wildman–Crippen MR) is 114 cm³/mol. The zero-order chi connectivity index (χ0) is 22.3. The van der Waals surface area contributed by atoms with Crippen LogP contribution in [-0.4, -0.2) is 21.9 Å².